The number of hydrogen-bond donors (Lipinski definition) is 6. The number of aliphatic carboxylic acids is 2. The molecule has 1 rings (SSSR count). The fourth-order valence-corrected chi connectivity index (χ4v) is 2.47. The van der Waals surface area contributed by atoms with Crippen molar-refractivity contribution in [3.63, 3.8) is 0 Å². The molecule has 3 atom stereocenters. The van der Waals surface area contributed by atoms with Gasteiger partial charge in [-0.15, -0.1) is 0 Å². The Bertz CT molecular complexity index is 769. The Balaban J connectivity index is 2.65. The molecule has 1 aromatic rings. The minimum atomic E-state index is -1.29. The SMILES string of the molecule is CC(NC(=O)C(N)Cc1ccccc1)C(=O)NC(CCC(=O)O)C(=O)NCC(=O)O. The summed E-state index contributed by atoms with van der Waals surface area (Å²) in [6, 6.07) is 5.84. The van der Waals surface area contributed by atoms with Crippen molar-refractivity contribution in [1.29, 1.82) is 0 Å². The summed E-state index contributed by atoms with van der Waals surface area (Å²) in [5, 5.41) is 24.3. The zero-order chi connectivity index (χ0) is 22.7. The van der Waals surface area contributed by atoms with Gasteiger partial charge in [0.1, 0.15) is 18.6 Å². The Morgan fingerprint density at radius 2 is 1.57 bits per heavy atom. The van der Waals surface area contributed by atoms with Crippen LogP contribution in [0.15, 0.2) is 30.3 Å². The van der Waals surface area contributed by atoms with E-state index in [1.165, 1.54) is 6.92 Å². The van der Waals surface area contributed by atoms with Gasteiger partial charge in [-0.3, -0.25) is 24.0 Å². The second kappa shape index (κ2) is 12.2. The largest absolute Gasteiger partial charge is 0.481 e. The van der Waals surface area contributed by atoms with E-state index >= 15 is 0 Å². The maximum absolute atomic E-state index is 12.3. The minimum absolute atomic E-state index is 0.249. The van der Waals surface area contributed by atoms with E-state index in [1.807, 2.05) is 30.3 Å². The number of nitrogens with one attached hydrogen (secondary N) is 3. The smallest absolute Gasteiger partial charge is 0.322 e. The molecule has 0 saturated carbocycles. The molecule has 0 aliphatic heterocycles. The van der Waals surface area contributed by atoms with Gasteiger partial charge in [-0.25, -0.2) is 0 Å². The van der Waals surface area contributed by atoms with Crippen molar-refractivity contribution in [2.45, 2.75) is 44.3 Å². The Kier molecular flexibility index (Phi) is 9.97. The molecule has 7 N–H and O–H groups in total. The first kappa shape index (κ1) is 24.6. The van der Waals surface area contributed by atoms with Crippen LogP contribution >= 0.6 is 0 Å². The fraction of sp³-hybridized carbons (Fsp3) is 0.421. The van der Waals surface area contributed by atoms with Gasteiger partial charge < -0.3 is 31.9 Å². The molecular formula is C19H26N4O7. The highest BCUT2D eigenvalue weighted by molar-refractivity contribution is 5.93. The molecule has 30 heavy (non-hydrogen) atoms. The maximum Gasteiger partial charge on any atom is 0.322 e. The summed E-state index contributed by atoms with van der Waals surface area (Å²) in [7, 11) is 0. The highest BCUT2D eigenvalue weighted by Gasteiger charge is 2.26. The van der Waals surface area contributed by atoms with Crippen LogP contribution in [0.4, 0.5) is 0 Å². The van der Waals surface area contributed by atoms with Crippen LogP contribution in [0.2, 0.25) is 0 Å². The summed E-state index contributed by atoms with van der Waals surface area (Å²) >= 11 is 0. The average Bonchev–Trinajstić information content (AvgIpc) is 2.69. The lowest BCUT2D eigenvalue weighted by Gasteiger charge is -2.21. The molecule has 11 heteroatoms. The summed E-state index contributed by atoms with van der Waals surface area (Å²) in [6.45, 7) is 0.699. The van der Waals surface area contributed by atoms with Crippen molar-refractivity contribution in [1.82, 2.24) is 16.0 Å². The highest BCUT2D eigenvalue weighted by atomic mass is 16.4. The number of rotatable bonds is 12. The molecule has 164 valence electrons. The van der Waals surface area contributed by atoms with Crippen LogP contribution in [0.3, 0.4) is 0 Å². The number of amides is 3. The van der Waals surface area contributed by atoms with E-state index in [0.29, 0.717) is 0 Å². The molecule has 0 saturated heterocycles. The van der Waals surface area contributed by atoms with Gasteiger partial charge in [0.25, 0.3) is 0 Å². The molecule has 0 heterocycles. The second-order valence-electron chi connectivity index (χ2n) is 6.63. The van der Waals surface area contributed by atoms with Gasteiger partial charge in [-0.05, 0) is 25.3 Å². The Hall–Kier alpha value is -3.47. The third-order valence-electron chi connectivity index (χ3n) is 4.08. The number of carbonyl (C=O) groups excluding carboxylic acids is 3. The van der Waals surface area contributed by atoms with Gasteiger partial charge >= 0.3 is 11.9 Å². The molecule has 0 aromatic heterocycles. The van der Waals surface area contributed by atoms with Crippen molar-refractivity contribution in [3.8, 4) is 0 Å². The molecule has 0 radical (unpaired) electrons. The number of carboxylic acids is 2. The third kappa shape index (κ3) is 9.15. The number of carboxylic acid groups (broad SMARTS) is 2. The van der Waals surface area contributed by atoms with Gasteiger partial charge in [0.2, 0.25) is 17.7 Å². The first-order valence-electron chi connectivity index (χ1n) is 9.21. The number of nitrogens with two attached hydrogens (primary N) is 1. The van der Waals surface area contributed by atoms with Crippen molar-refractivity contribution in [2.24, 2.45) is 5.73 Å². The predicted molar refractivity (Wildman–Crippen MR) is 105 cm³/mol. The molecule has 0 bridgehead atoms. The molecule has 0 spiro atoms. The van der Waals surface area contributed by atoms with Crippen molar-refractivity contribution in [3.05, 3.63) is 35.9 Å². The van der Waals surface area contributed by atoms with Gasteiger partial charge in [-0.2, -0.15) is 0 Å². The standard InChI is InChI=1S/C19H26N4O7/c1-11(22-18(29)13(20)9-12-5-3-2-4-6-12)17(28)23-14(7-8-15(24)25)19(30)21-10-16(26)27/h2-6,11,13-14H,7-10,20H2,1H3,(H,21,30)(H,22,29)(H,23,28)(H,24,25)(H,26,27). The fourth-order valence-electron chi connectivity index (χ4n) is 2.47. The number of hydrogen-bond acceptors (Lipinski definition) is 6. The zero-order valence-electron chi connectivity index (χ0n) is 16.5. The molecule has 1 aromatic carbocycles. The third-order valence-corrected chi connectivity index (χ3v) is 4.08. The Morgan fingerprint density at radius 1 is 0.933 bits per heavy atom. The van der Waals surface area contributed by atoms with Crippen LogP contribution in [0, 0.1) is 0 Å². The van der Waals surface area contributed by atoms with Gasteiger partial charge in [0, 0.05) is 6.42 Å². The van der Waals surface area contributed by atoms with Crippen molar-refractivity contribution in [2.75, 3.05) is 6.54 Å². The zero-order valence-corrected chi connectivity index (χ0v) is 16.5. The molecular weight excluding hydrogens is 396 g/mol. The average molecular weight is 422 g/mol. The first-order valence-corrected chi connectivity index (χ1v) is 9.21. The van der Waals surface area contributed by atoms with Gasteiger partial charge in [0.15, 0.2) is 0 Å². The Labute approximate surface area is 173 Å². The molecule has 0 fully saturated rings. The van der Waals surface area contributed by atoms with E-state index in [-0.39, 0.29) is 12.8 Å². The van der Waals surface area contributed by atoms with Crippen LogP contribution in [0.5, 0.6) is 0 Å². The van der Waals surface area contributed by atoms with Crippen molar-refractivity contribution < 1.29 is 34.2 Å². The van der Waals surface area contributed by atoms with E-state index in [1.54, 1.807) is 0 Å². The van der Waals surface area contributed by atoms with E-state index in [4.69, 9.17) is 15.9 Å². The molecule has 11 nitrogen and oxygen atoms in total. The quantitative estimate of drug-likeness (QED) is 0.237. The van der Waals surface area contributed by atoms with Crippen LogP contribution in [0.1, 0.15) is 25.3 Å². The van der Waals surface area contributed by atoms with Crippen LogP contribution in [-0.4, -0.2) is 64.5 Å². The molecule has 3 unspecified atom stereocenters. The lowest BCUT2D eigenvalue weighted by Crippen LogP contribution is -2.55. The minimum Gasteiger partial charge on any atom is -0.481 e. The monoisotopic (exact) mass is 422 g/mol. The Morgan fingerprint density at radius 3 is 2.13 bits per heavy atom. The van der Waals surface area contributed by atoms with Crippen LogP contribution < -0.4 is 21.7 Å². The lowest BCUT2D eigenvalue weighted by atomic mass is 10.1. The van der Waals surface area contributed by atoms with Crippen LogP contribution in [0.25, 0.3) is 0 Å². The topological polar surface area (TPSA) is 188 Å². The highest BCUT2D eigenvalue weighted by Crippen LogP contribution is 2.03. The van der Waals surface area contributed by atoms with Crippen LogP contribution in [-0.2, 0) is 30.4 Å². The molecule has 0 aliphatic carbocycles. The summed E-state index contributed by atoms with van der Waals surface area (Å²) in [5.41, 5.74) is 6.72. The molecule has 0 aliphatic rings. The molecule has 3 amide bonds. The van der Waals surface area contributed by atoms with E-state index in [0.717, 1.165) is 5.56 Å². The normalized spacial score (nSPS) is 13.4. The summed E-state index contributed by atoms with van der Waals surface area (Å²) < 4.78 is 0. The summed E-state index contributed by atoms with van der Waals surface area (Å²) in [4.78, 5) is 58.0. The predicted octanol–water partition coefficient (Wildman–Crippen LogP) is -1.39. The van der Waals surface area contributed by atoms with E-state index in [2.05, 4.69) is 16.0 Å². The summed E-state index contributed by atoms with van der Waals surface area (Å²) in [6.07, 6.45) is -0.408. The van der Waals surface area contributed by atoms with Gasteiger partial charge in [0.05, 0.1) is 6.04 Å². The lowest BCUT2D eigenvalue weighted by molar-refractivity contribution is -0.140. The number of carbonyl (C=O) groups is 5. The van der Waals surface area contributed by atoms with E-state index < -0.39 is 60.8 Å². The maximum atomic E-state index is 12.3. The van der Waals surface area contributed by atoms with Crippen molar-refractivity contribution >= 4 is 29.7 Å². The van der Waals surface area contributed by atoms with Gasteiger partial charge in [-0.1, -0.05) is 30.3 Å². The first-order chi connectivity index (χ1) is 14.1. The van der Waals surface area contributed by atoms with E-state index in [9.17, 15) is 24.0 Å². The second-order valence-corrected chi connectivity index (χ2v) is 6.63. The number of benzene rings is 1. The summed E-state index contributed by atoms with van der Waals surface area (Å²) in [5.74, 6) is -4.63.